The van der Waals surface area contributed by atoms with Crippen LogP contribution >= 0.6 is 0 Å². The summed E-state index contributed by atoms with van der Waals surface area (Å²) in [5, 5.41) is 5.92. The van der Waals surface area contributed by atoms with Crippen molar-refractivity contribution in [3.8, 4) is 0 Å². The van der Waals surface area contributed by atoms with Crippen LogP contribution in [0.5, 0.6) is 0 Å². The van der Waals surface area contributed by atoms with Gasteiger partial charge in [-0.05, 0) is 57.6 Å². The molecule has 222 valence electrons. The van der Waals surface area contributed by atoms with E-state index in [1.54, 1.807) is 25.7 Å². The van der Waals surface area contributed by atoms with Crippen LogP contribution in [0, 0.1) is 12.8 Å². The minimum Gasteiger partial charge on any atom is -0.444 e. The Morgan fingerprint density at radius 3 is 2.13 bits per heavy atom. The number of amides is 3. The second kappa shape index (κ2) is 17.9. The molecule has 0 aromatic heterocycles. The maximum Gasteiger partial charge on any atom is 0.408 e. The van der Waals surface area contributed by atoms with E-state index in [0.29, 0.717) is 19.5 Å². The summed E-state index contributed by atoms with van der Waals surface area (Å²) in [5.41, 5.74) is 1.08. The average molecular weight is 546 g/mol. The molecule has 1 rings (SSSR count). The number of carbonyl (C=O) groups is 3. The number of hydrogen-bond acceptors (Lipinski definition) is 4. The Morgan fingerprint density at radius 1 is 0.923 bits per heavy atom. The summed E-state index contributed by atoms with van der Waals surface area (Å²) in [6, 6.07) is 6.17. The lowest BCUT2D eigenvalue weighted by molar-refractivity contribution is -0.143. The molecule has 0 bridgehead atoms. The molecule has 3 atom stereocenters. The Morgan fingerprint density at radius 2 is 1.54 bits per heavy atom. The van der Waals surface area contributed by atoms with Gasteiger partial charge in [0.15, 0.2) is 0 Å². The highest BCUT2D eigenvalue weighted by Gasteiger charge is 2.38. The number of unbranched alkanes of at least 4 members (excludes halogenated alkanes) is 6. The summed E-state index contributed by atoms with van der Waals surface area (Å²) in [6.07, 6.45) is 8.30. The van der Waals surface area contributed by atoms with Crippen molar-refractivity contribution in [2.75, 3.05) is 13.1 Å². The Balaban J connectivity index is 3.44. The van der Waals surface area contributed by atoms with Crippen molar-refractivity contribution in [1.82, 2.24) is 15.5 Å². The van der Waals surface area contributed by atoms with Gasteiger partial charge in [0.05, 0.1) is 0 Å². The quantitative estimate of drug-likeness (QED) is 0.205. The highest BCUT2D eigenvalue weighted by molar-refractivity contribution is 5.92. The number of nitrogens with one attached hydrogen (secondary N) is 2. The molecule has 0 spiro atoms. The SMILES string of the molecule is CCCCCCCCN(C(=O)C(NC(=O)OC(C)(C)C)C(C)CC)C(C(=O)NCCCC)c1ccccc1C. The van der Waals surface area contributed by atoms with Crippen LogP contribution in [-0.2, 0) is 14.3 Å². The number of rotatable bonds is 17. The zero-order valence-corrected chi connectivity index (χ0v) is 25.9. The summed E-state index contributed by atoms with van der Waals surface area (Å²) in [5.74, 6) is -0.572. The molecule has 0 heterocycles. The minimum absolute atomic E-state index is 0.141. The number of carbonyl (C=O) groups excluding carboxylic acids is 3. The Kier molecular flexibility index (Phi) is 15.8. The second-order valence-corrected chi connectivity index (χ2v) is 11.7. The molecule has 1 aromatic rings. The fraction of sp³-hybridized carbons (Fsp3) is 0.719. The lowest BCUT2D eigenvalue weighted by Gasteiger charge is -2.36. The first kappa shape index (κ1) is 34.5. The third-order valence-corrected chi connectivity index (χ3v) is 7.06. The van der Waals surface area contributed by atoms with E-state index >= 15 is 0 Å². The van der Waals surface area contributed by atoms with Crippen LogP contribution < -0.4 is 10.6 Å². The van der Waals surface area contributed by atoms with E-state index in [2.05, 4.69) is 24.5 Å². The van der Waals surface area contributed by atoms with E-state index in [4.69, 9.17) is 4.74 Å². The van der Waals surface area contributed by atoms with Crippen LogP contribution in [0.25, 0.3) is 0 Å². The van der Waals surface area contributed by atoms with Gasteiger partial charge in [0.1, 0.15) is 17.7 Å². The van der Waals surface area contributed by atoms with E-state index in [0.717, 1.165) is 43.2 Å². The molecule has 0 aliphatic heterocycles. The normalized spacial score (nSPS) is 13.7. The molecule has 0 aliphatic rings. The molecule has 1 aromatic carbocycles. The summed E-state index contributed by atoms with van der Waals surface area (Å²) in [6.45, 7) is 16.6. The Hall–Kier alpha value is -2.57. The highest BCUT2D eigenvalue weighted by atomic mass is 16.6. The molecule has 0 saturated heterocycles. The molecular weight excluding hydrogens is 490 g/mol. The molecule has 0 aliphatic carbocycles. The average Bonchev–Trinajstić information content (AvgIpc) is 2.87. The standard InChI is InChI=1S/C32H55N3O4/c1-9-12-14-15-16-19-23-35(30(37)27(24(4)11-3)34-31(38)39-32(6,7)8)28(29(36)33-22-13-10-2)26-21-18-17-20-25(26)5/h17-18,20-21,24,27-28H,9-16,19,22-23H2,1-8H3,(H,33,36)(H,34,38). The van der Waals surface area contributed by atoms with Crippen LogP contribution in [0.15, 0.2) is 24.3 Å². The molecule has 3 unspecified atom stereocenters. The van der Waals surface area contributed by atoms with E-state index < -0.39 is 23.8 Å². The molecule has 2 N–H and O–H groups in total. The minimum atomic E-state index is -0.806. The fourth-order valence-corrected chi connectivity index (χ4v) is 4.55. The fourth-order valence-electron chi connectivity index (χ4n) is 4.55. The van der Waals surface area contributed by atoms with Crippen LogP contribution in [-0.4, -0.2) is 47.5 Å². The number of nitrogens with zero attached hydrogens (tertiary/aromatic N) is 1. The molecule has 0 fully saturated rings. The molecular formula is C32H55N3O4. The summed E-state index contributed by atoms with van der Waals surface area (Å²) >= 11 is 0. The first-order chi connectivity index (χ1) is 18.5. The van der Waals surface area contributed by atoms with E-state index in [1.165, 1.54) is 19.3 Å². The van der Waals surface area contributed by atoms with Crippen molar-refractivity contribution in [3.05, 3.63) is 35.4 Å². The molecule has 7 heteroatoms. The zero-order chi connectivity index (χ0) is 29.4. The summed E-state index contributed by atoms with van der Waals surface area (Å²) < 4.78 is 5.51. The van der Waals surface area contributed by atoms with Crippen molar-refractivity contribution in [3.63, 3.8) is 0 Å². The van der Waals surface area contributed by atoms with Crippen LogP contribution in [0.2, 0.25) is 0 Å². The maximum absolute atomic E-state index is 14.3. The third kappa shape index (κ3) is 12.4. The molecule has 0 radical (unpaired) electrons. The largest absolute Gasteiger partial charge is 0.444 e. The van der Waals surface area contributed by atoms with Crippen molar-refractivity contribution >= 4 is 17.9 Å². The monoisotopic (exact) mass is 545 g/mol. The van der Waals surface area contributed by atoms with Crippen LogP contribution in [0.1, 0.15) is 123 Å². The predicted molar refractivity (Wildman–Crippen MR) is 160 cm³/mol. The van der Waals surface area contributed by atoms with Crippen molar-refractivity contribution in [2.45, 2.75) is 131 Å². The summed E-state index contributed by atoms with van der Waals surface area (Å²) in [7, 11) is 0. The number of hydrogen-bond donors (Lipinski definition) is 2. The van der Waals surface area contributed by atoms with Gasteiger partial charge in [-0.2, -0.15) is 0 Å². The van der Waals surface area contributed by atoms with Gasteiger partial charge in [-0.15, -0.1) is 0 Å². The zero-order valence-electron chi connectivity index (χ0n) is 25.9. The van der Waals surface area contributed by atoms with Gasteiger partial charge < -0.3 is 20.3 Å². The molecule has 0 saturated carbocycles. The van der Waals surface area contributed by atoms with Gasteiger partial charge in [-0.25, -0.2) is 4.79 Å². The molecule has 3 amide bonds. The van der Waals surface area contributed by atoms with Gasteiger partial charge in [-0.3, -0.25) is 9.59 Å². The van der Waals surface area contributed by atoms with Crippen LogP contribution in [0.4, 0.5) is 4.79 Å². The Bertz CT molecular complexity index is 880. The molecule has 39 heavy (non-hydrogen) atoms. The Labute approximate surface area is 237 Å². The highest BCUT2D eigenvalue weighted by Crippen LogP contribution is 2.28. The van der Waals surface area contributed by atoms with Gasteiger partial charge in [0.25, 0.3) is 0 Å². The molecule has 7 nitrogen and oxygen atoms in total. The topological polar surface area (TPSA) is 87.7 Å². The van der Waals surface area contributed by atoms with E-state index in [9.17, 15) is 14.4 Å². The van der Waals surface area contributed by atoms with Gasteiger partial charge in [0.2, 0.25) is 11.8 Å². The first-order valence-electron chi connectivity index (χ1n) is 15.1. The van der Waals surface area contributed by atoms with Crippen molar-refractivity contribution in [1.29, 1.82) is 0 Å². The second-order valence-electron chi connectivity index (χ2n) is 11.7. The van der Waals surface area contributed by atoms with Crippen LogP contribution in [0.3, 0.4) is 0 Å². The van der Waals surface area contributed by atoms with Crippen molar-refractivity contribution < 1.29 is 19.1 Å². The first-order valence-corrected chi connectivity index (χ1v) is 15.1. The van der Waals surface area contributed by atoms with Gasteiger partial charge >= 0.3 is 6.09 Å². The van der Waals surface area contributed by atoms with Crippen molar-refractivity contribution in [2.24, 2.45) is 5.92 Å². The van der Waals surface area contributed by atoms with Gasteiger partial charge in [-0.1, -0.05) is 96.9 Å². The smallest absolute Gasteiger partial charge is 0.408 e. The van der Waals surface area contributed by atoms with E-state index in [-0.39, 0.29) is 17.7 Å². The maximum atomic E-state index is 14.3. The number of aryl methyl sites for hydroxylation is 1. The lowest BCUT2D eigenvalue weighted by Crippen LogP contribution is -2.55. The lowest BCUT2D eigenvalue weighted by atomic mass is 9.94. The predicted octanol–water partition coefficient (Wildman–Crippen LogP) is 7.08. The summed E-state index contributed by atoms with van der Waals surface area (Å²) in [4.78, 5) is 42.6. The van der Waals surface area contributed by atoms with E-state index in [1.807, 2.05) is 45.0 Å². The third-order valence-electron chi connectivity index (χ3n) is 7.06. The van der Waals surface area contributed by atoms with Gasteiger partial charge in [0, 0.05) is 13.1 Å². The number of benzene rings is 1. The number of alkyl carbamates (subject to hydrolysis) is 1. The number of ether oxygens (including phenoxy) is 1.